The summed E-state index contributed by atoms with van der Waals surface area (Å²) < 4.78 is 25.2. The topological polar surface area (TPSA) is 27.3 Å². The Morgan fingerprint density at radius 3 is 2.31 bits per heavy atom. The van der Waals surface area contributed by atoms with Crippen molar-refractivity contribution in [2.24, 2.45) is 0 Å². The number of halogens is 3. The van der Waals surface area contributed by atoms with Crippen LogP contribution in [0.15, 0.2) is 86.0 Å². The quantitative estimate of drug-likeness (QED) is 0.198. The van der Waals surface area contributed by atoms with Gasteiger partial charge in [-0.1, -0.05) is 67.6 Å². The Balaban J connectivity index is 0.000000255. The highest BCUT2D eigenvalue weighted by Gasteiger charge is 2.22. The van der Waals surface area contributed by atoms with E-state index in [1.807, 2.05) is 39.2 Å². The Morgan fingerprint density at radius 2 is 1.77 bits per heavy atom. The maximum absolute atomic E-state index is 12.6. The van der Waals surface area contributed by atoms with E-state index in [-0.39, 0.29) is 0 Å². The maximum atomic E-state index is 12.6. The summed E-state index contributed by atoms with van der Waals surface area (Å²) in [6.07, 6.45) is 4.54. The monoisotopic (exact) mass is 569 g/mol. The molecule has 1 aliphatic heterocycles. The summed E-state index contributed by atoms with van der Waals surface area (Å²) in [5.74, 6) is 0.640. The van der Waals surface area contributed by atoms with Gasteiger partial charge in [0.2, 0.25) is 0 Å². The second-order valence-electron chi connectivity index (χ2n) is 9.56. The third-order valence-electron chi connectivity index (χ3n) is 7.24. The number of aryl methyl sites for hydroxylation is 1. The predicted molar refractivity (Wildman–Crippen MR) is 168 cm³/mol. The molecule has 39 heavy (non-hydrogen) atoms. The third kappa shape index (κ3) is 8.30. The summed E-state index contributed by atoms with van der Waals surface area (Å²) in [5.41, 5.74) is 6.60. The Labute approximate surface area is 239 Å². The second kappa shape index (κ2) is 15.1. The molecule has 2 N–H and O–H groups in total. The molecule has 1 unspecified atom stereocenters. The number of benzene rings is 3. The van der Waals surface area contributed by atoms with Crippen molar-refractivity contribution in [3.63, 3.8) is 0 Å². The standard InChI is InChI=1S/C21H26ClN3.C11H13F2P/c1-15(23-2)20-9-8-19(14-21(20)22)25-12-10-17(11-13-25)16-4-6-18(24-3)7-5-16;1-3-9-6-5-7-10(8-9)11(4-2)14(12)13/h4-9,14,17,23-24H,1,10-13H2,2-3H3;4-8,11H,2-3H2,1H3. The van der Waals surface area contributed by atoms with Crippen LogP contribution >= 0.6 is 20.1 Å². The molecule has 1 aliphatic rings. The van der Waals surface area contributed by atoms with Crippen molar-refractivity contribution in [3.8, 4) is 0 Å². The van der Waals surface area contributed by atoms with Gasteiger partial charge in [0.15, 0.2) is 0 Å². The highest BCUT2D eigenvalue weighted by Crippen LogP contribution is 2.54. The number of piperidine rings is 1. The van der Waals surface area contributed by atoms with Crippen molar-refractivity contribution < 1.29 is 8.39 Å². The Kier molecular flexibility index (Phi) is 11.8. The maximum Gasteiger partial charge on any atom is 0.277 e. The number of nitrogens with zero attached hydrogens (tertiary/aromatic N) is 1. The average Bonchev–Trinajstić information content (AvgIpc) is 2.97. The highest BCUT2D eigenvalue weighted by atomic mass is 35.5. The molecule has 1 fully saturated rings. The van der Waals surface area contributed by atoms with Crippen LogP contribution in [0.25, 0.3) is 5.70 Å². The number of hydrogen-bond donors (Lipinski definition) is 2. The number of rotatable bonds is 9. The molecule has 0 radical (unpaired) electrons. The normalized spacial score (nSPS) is 14.3. The number of hydrogen-bond acceptors (Lipinski definition) is 3. The van der Waals surface area contributed by atoms with Crippen LogP contribution in [0.5, 0.6) is 0 Å². The van der Waals surface area contributed by atoms with Crippen molar-refractivity contribution in [3.05, 3.63) is 113 Å². The van der Waals surface area contributed by atoms with Gasteiger partial charge < -0.3 is 15.5 Å². The van der Waals surface area contributed by atoms with Crippen LogP contribution < -0.4 is 15.5 Å². The number of allylic oxidation sites excluding steroid dienone is 1. The van der Waals surface area contributed by atoms with Crippen LogP contribution in [0.1, 0.15) is 53.6 Å². The molecular formula is C32H39ClF2N3P. The van der Waals surface area contributed by atoms with Crippen molar-refractivity contribution in [2.75, 3.05) is 37.4 Å². The Hall–Kier alpha value is -2.88. The molecule has 0 amide bonds. The molecule has 0 saturated carbocycles. The van der Waals surface area contributed by atoms with E-state index in [2.05, 4.69) is 71.2 Å². The molecule has 3 nitrogen and oxygen atoms in total. The van der Waals surface area contributed by atoms with Gasteiger partial charge in [-0.3, -0.25) is 0 Å². The van der Waals surface area contributed by atoms with Gasteiger partial charge >= 0.3 is 0 Å². The van der Waals surface area contributed by atoms with E-state index in [0.29, 0.717) is 11.5 Å². The van der Waals surface area contributed by atoms with E-state index < -0.39 is 14.2 Å². The summed E-state index contributed by atoms with van der Waals surface area (Å²) in [7, 11) is 0.840. The first kappa shape index (κ1) is 30.7. The summed E-state index contributed by atoms with van der Waals surface area (Å²) in [5, 5.41) is 6.98. The summed E-state index contributed by atoms with van der Waals surface area (Å²) >= 11 is 6.44. The lowest BCUT2D eigenvalue weighted by atomic mass is 9.89. The first-order valence-corrected chi connectivity index (χ1v) is 14.9. The van der Waals surface area contributed by atoms with E-state index >= 15 is 0 Å². The van der Waals surface area contributed by atoms with Crippen molar-refractivity contribution in [1.82, 2.24) is 5.32 Å². The fourth-order valence-corrected chi connectivity index (χ4v) is 5.63. The molecule has 1 atom stereocenters. The van der Waals surface area contributed by atoms with Crippen molar-refractivity contribution >= 4 is 37.2 Å². The summed E-state index contributed by atoms with van der Waals surface area (Å²) in [4.78, 5) is 2.43. The summed E-state index contributed by atoms with van der Waals surface area (Å²) in [6, 6.07) is 22.4. The van der Waals surface area contributed by atoms with Crippen LogP contribution in [0.2, 0.25) is 5.02 Å². The fourth-order valence-electron chi connectivity index (χ4n) is 4.80. The second-order valence-corrected chi connectivity index (χ2v) is 11.0. The first-order chi connectivity index (χ1) is 18.8. The molecule has 0 aliphatic carbocycles. The molecular weight excluding hydrogens is 531 g/mol. The predicted octanol–water partition coefficient (Wildman–Crippen LogP) is 9.68. The zero-order valence-corrected chi connectivity index (χ0v) is 24.7. The lowest BCUT2D eigenvalue weighted by molar-refractivity contribution is 0.505. The van der Waals surface area contributed by atoms with E-state index in [0.717, 1.165) is 41.4 Å². The zero-order valence-electron chi connectivity index (χ0n) is 23.1. The largest absolute Gasteiger partial charge is 0.388 e. The Morgan fingerprint density at radius 1 is 1.08 bits per heavy atom. The van der Waals surface area contributed by atoms with E-state index in [9.17, 15) is 8.39 Å². The third-order valence-corrected chi connectivity index (χ3v) is 8.49. The molecule has 0 aromatic heterocycles. The fraction of sp³-hybridized carbons (Fsp3) is 0.312. The number of nitrogens with one attached hydrogen (secondary N) is 2. The lowest BCUT2D eigenvalue weighted by Crippen LogP contribution is -2.32. The van der Waals surface area contributed by atoms with Gasteiger partial charge in [-0.2, -0.15) is 8.39 Å². The molecule has 0 spiro atoms. The minimum atomic E-state index is -2.98. The van der Waals surface area contributed by atoms with E-state index in [1.165, 1.54) is 35.9 Å². The summed E-state index contributed by atoms with van der Waals surface area (Å²) in [6.45, 7) is 11.6. The van der Waals surface area contributed by atoms with Crippen LogP contribution in [0, 0.1) is 0 Å². The molecule has 3 aromatic rings. The van der Waals surface area contributed by atoms with E-state index in [1.54, 1.807) is 6.07 Å². The van der Waals surface area contributed by atoms with Crippen molar-refractivity contribution in [2.45, 2.75) is 37.8 Å². The van der Waals surface area contributed by atoms with E-state index in [4.69, 9.17) is 11.6 Å². The van der Waals surface area contributed by atoms with Crippen molar-refractivity contribution in [1.29, 1.82) is 0 Å². The minimum absolute atomic E-state index is 0.640. The van der Waals surface area contributed by atoms with Crippen LogP contribution in [0.4, 0.5) is 19.8 Å². The minimum Gasteiger partial charge on any atom is -0.388 e. The smallest absolute Gasteiger partial charge is 0.277 e. The van der Waals surface area contributed by atoms with Crippen LogP contribution in [0.3, 0.4) is 0 Å². The Bertz CT molecular complexity index is 1220. The molecule has 1 saturated heterocycles. The zero-order chi connectivity index (χ0) is 28.4. The van der Waals surface area contributed by atoms with Gasteiger partial charge in [-0.05, 0) is 72.2 Å². The number of anilines is 2. The van der Waals surface area contributed by atoms with Gasteiger partial charge in [0.25, 0.3) is 8.54 Å². The van der Waals surface area contributed by atoms with Gasteiger partial charge in [0.05, 0.1) is 10.7 Å². The first-order valence-electron chi connectivity index (χ1n) is 13.3. The molecule has 0 bridgehead atoms. The van der Waals surface area contributed by atoms with Crippen LogP contribution in [-0.2, 0) is 6.42 Å². The molecule has 7 heteroatoms. The molecule has 208 valence electrons. The lowest BCUT2D eigenvalue weighted by Gasteiger charge is -2.34. The van der Waals surface area contributed by atoms with Gasteiger partial charge in [-0.15, -0.1) is 6.58 Å². The molecule has 4 rings (SSSR count). The van der Waals surface area contributed by atoms with Crippen LogP contribution in [-0.4, -0.2) is 27.2 Å². The van der Waals surface area contributed by atoms with Gasteiger partial charge in [-0.25, -0.2) is 0 Å². The molecule has 3 aromatic carbocycles. The highest BCUT2D eigenvalue weighted by molar-refractivity contribution is 7.47. The van der Waals surface area contributed by atoms with Gasteiger partial charge in [0.1, 0.15) is 0 Å². The molecule has 1 heterocycles. The average molecular weight is 570 g/mol. The van der Waals surface area contributed by atoms with Gasteiger partial charge in [0, 0.05) is 49.8 Å². The SMILES string of the molecule is C=C(NC)c1ccc(N2CCC(c3ccc(NC)cc3)CC2)cc1Cl.C=CC(c1cccc(CC)c1)P(F)F.